The molecule has 1 amide bonds. The summed E-state index contributed by atoms with van der Waals surface area (Å²) in [5.74, 6) is -0.0626. The second-order valence-electron chi connectivity index (χ2n) is 4.22. The number of benzene rings is 1. The molecule has 1 aliphatic rings. The maximum Gasteiger partial charge on any atom is 0.254 e. The van der Waals surface area contributed by atoms with Crippen LogP contribution in [0.3, 0.4) is 0 Å². The van der Waals surface area contributed by atoms with Gasteiger partial charge >= 0.3 is 0 Å². The molecular formula is C13H18N2O2. The van der Waals surface area contributed by atoms with Crippen LogP contribution in [0.15, 0.2) is 30.3 Å². The summed E-state index contributed by atoms with van der Waals surface area (Å²) in [6.07, 6.45) is 0.466. The summed E-state index contributed by atoms with van der Waals surface area (Å²) in [6, 6.07) is 9.78. The molecule has 1 aromatic carbocycles. The lowest BCUT2D eigenvalue weighted by molar-refractivity contribution is -0.132. The van der Waals surface area contributed by atoms with E-state index in [0.29, 0.717) is 0 Å². The zero-order valence-electron chi connectivity index (χ0n) is 9.98. The van der Waals surface area contributed by atoms with E-state index in [2.05, 4.69) is 10.6 Å². The van der Waals surface area contributed by atoms with Crippen LogP contribution >= 0.6 is 0 Å². The summed E-state index contributed by atoms with van der Waals surface area (Å²) >= 11 is 0. The molecule has 2 unspecified atom stereocenters. The maximum absolute atomic E-state index is 12.1. The lowest BCUT2D eigenvalue weighted by Crippen LogP contribution is -2.39. The normalized spacial score (nSPS) is 21.1. The number of methoxy groups -OCH3 is 1. The van der Waals surface area contributed by atoms with Gasteiger partial charge in [0, 0.05) is 19.7 Å². The molecule has 17 heavy (non-hydrogen) atoms. The highest BCUT2D eigenvalue weighted by atomic mass is 16.5. The standard InChI is InChI=1S/C13H18N2O2/c1-17-12(10-5-3-2-4-6-10)13(16)15-11-7-8-14-9-11/h2-6,11-12,14H,7-9H2,1H3,(H,15,16). The van der Waals surface area contributed by atoms with Crippen molar-refractivity contribution in [3.8, 4) is 0 Å². The zero-order valence-corrected chi connectivity index (χ0v) is 9.98. The van der Waals surface area contributed by atoms with E-state index < -0.39 is 6.10 Å². The van der Waals surface area contributed by atoms with Crippen LogP contribution < -0.4 is 10.6 Å². The van der Waals surface area contributed by atoms with E-state index >= 15 is 0 Å². The van der Waals surface area contributed by atoms with Gasteiger partial charge in [-0.15, -0.1) is 0 Å². The first-order valence-electron chi connectivity index (χ1n) is 5.90. The fourth-order valence-corrected chi connectivity index (χ4v) is 2.08. The van der Waals surface area contributed by atoms with Gasteiger partial charge < -0.3 is 15.4 Å². The van der Waals surface area contributed by atoms with Crippen molar-refractivity contribution >= 4 is 5.91 Å². The second-order valence-corrected chi connectivity index (χ2v) is 4.22. The first-order valence-corrected chi connectivity index (χ1v) is 5.90. The third-order valence-corrected chi connectivity index (χ3v) is 2.98. The van der Waals surface area contributed by atoms with Gasteiger partial charge in [0.15, 0.2) is 6.10 Å². The van der Waals surface area contributed by atoms with Crippen LogP contribution in [-0.4, -0.2) is 32.1 Å². The predicted molar refractivity (Wildman–Crippen MR) is 65.6 cm³/mol. The lowest BCUT2D eigenvalue weighted by atomic mass is 10.1. The molecule has 0 bridgehead atoms. The van der Waals surface area contributed by atoms with E-state index in [0.717, 1.165) is 25.1 Å². The SMILES string of the molecule is COC(C(=O)NC1CCNC1)c1ccccc1. The van der Waals surface area contributed by atoms with Crippen LogP contribution in [0.4, 0.5) is 0 Å². The molecule has 0 radical (unpaired) electrons. The Morgan fingerprint density at radius 2 is 2.24 bits per heavy atom. The summed E-state index contributed by atoms with van der Waals surface area (Å²) in [7, 11) is 1.56. The van der Waals surface area contributed by atoms with Gasteiger partial charge in [-0.1, -0.05) is 30.3 Å². The number of carbonyl (C=O) groups excluding carboxylic acids is 1. The van der Waals surface area contributed by atoms with E-state index in [1.807, 2.05) is 30.3 Å². The predicted octanol–water partition coefficient (Wildman–Crippen LogP) is 0.852. The Labute approximate surface area is 101 Å². The molecule has 0 saturated carbocycles. The monoisotopic (exact) mass is 234 g/mol. The maximum atomic E-state index is 12.1. The quantitative estimate of drug-likeness (QED) is 0.812. The molecule has 1 aliphatic heterocycles. The van der Waals surface area contributed by atoms with E-state index in [9.17, 15) is 4.79 Å². The first kappa shape index (κ1) is 12.1. The van der Waals surface area contributed by atoms with Gasteiger partial charge in [0.2, 0.25) is 0 Å². The van der Waals surface area contributed by atoms with Crippen molar-refractivity contribution < 1.29 is 9.53 Å². The molecule has 1 aromatic rings. The minimum Gasteiger partial charge on any atom is -0.367 e. The number of hydrogen-bond acceptors (Lipinski definition) is 3. The van der Waals surface area contributed by atoms with Gasteiger partial charge in [0.25, 0.3) is 5.91 Å². The highest BCUT2D eigenvalue weighted by molar-refractivity contribution is 5.82. The summed E-state index contributed by atoms with van der Waals surface area (Å²) in [4.78, 5) is 12.1. The minimum absolute atomic E-state index is 0.0626. The van der Waals surface area contributed by atoms with E-state index in [-0.39, 0.29) is 11.9 Å². The van der Waals surface area contributed by atoms with Crippen molar-refractivity contribution in [3.05, 3.63) is 35.9 Å². The Morgan fingerprint density at radius 3 is 2.82 bits per heavy atom. The van der Waals surface area contributed by atoms with Crippen LogP contribution in [0.1, 0.15) is 18.1 Å². The van der Waals surface area contributed by atoms with Crippen molar-refractivity contribution in [3.63, 3.8) is 0 Å². The van der Waals surface area contributed by atoms with Crippen LogP contribution in [-0.2, 0) is 9.53 Å². The summed E-state index contributed by atoms with van der Waals surface area (Å²) in [5.41, 5.74) is 0.887. The number of hydrogen-bond donors (Lipinski definition) is 2. The molecule has 2 rings (SSSR count). The number of amides is 1. The molecular weight excluding hydrogens is 216 g/mol. The van der Waals surface area contributed by atoms with Crippen molar-refractivity contribution in [1.29, 1.82) is 0 Å². The Bertz CT molecular complexity index is 361. The molecule has 1 heterocycles. The van der Waals surface area contributed by atoms with Crippen molar-refractivity contribution in [2.45, 2.75) is 18.6 Å². The van der Waals surface area contributed by atoms with Crippen molar-refractivity contribution in [2.24, 2.45) is 0 Å². The average Bonchev–Trinajstić information content (AvgIpc) is 2.84. The number of rotatable bonds is 4. The highest BCUT2D eigenvalue weighted by Gasteiger charge is 2.24. The van der Waals surface area contributed by atoms with Gasteiger partial charge in [-0.25, -0.2) is 0 Å². The topological polar surface area (TPSA) is 50.4 Å². The highest BCUT2D eigenvalue weighted by Crippen LogP contribution is 2.16. The summed E-state index contributed by atoms with van der Waals surface area (Å²) < 4.78 is 5.28. The lowest BCUT2D eigenvalue weighted by Gasteiger charge is -2.18. The molecule has 2 atom stereocenters. The van der Waals surface area contributed by atoms with Gasteiger partial charge in [0.05, 0.1) is 0 Å². The summed E-state index contributed by atoms with van der Waals surface area (Å²) in [5, 5.41) is 6.22. The molecule has 0 spiro atoms. The number of ether oxygens (including phenoxy) is 1. The largest absolute Gasteiger partial charge is 0.367 e. The van der Waals surface area contributed by atoms with E-state index in [1.165, 1.54) is 0 Å². The van der Waals surface area contributed by atoms with Gasteiger partial charge in [-0.2, -0.15) is 0 Å². The Kier molecular flexibility index (Phi) is 4.12. The third kappa shape index (κ3) is 3.05. The van der Waals surface area contributed by atoms with Crippen LogP contribution in [0.25, 0.3) is 0 Å². The van der Waals surface area contributed by atoms with Crippen LogP contribution in [0.2, 0.25) is 0 Å². The molecule has 1 saturated heterocycles. The molecule has 1 fully saturated rings. The van der Waals surface area contributed by atoms with E-state index in [4.69, 9.17) is 4.74 Å². The molecule has 0 aliphatic carbocycles. The smallest absolute Gasteiger partial charge is 0.254 e. The molecule has 4 nitrogen and oxygen atoms in total. The fourth-order valence-electron chi connectivity index (χ4n) is 2.08. The molecule has 2 N–H and O–H groups in total. The van der Waals surface area contributed by atoms with Crippen molar-refractivity contribution in [1.82, 2.24) is 10.6 Å². The number of carbonyl (C=O) groups is 1. The molecule has 92 valence electrons. The Balaban J connectivity index is 2.00. The van der Waals surface area contributed by atoms with Crippen LogP contribution in [0.5, 0.6) is 0 Å². The molecule has 0 aromatic heterocycles. The van der Waals surface area contributed by atoms with Gasteiger partial charge in [-0.3, -0.25) is 4.79 Å². The fraction of sp³-hybridized carbons (Fsp3) is 0.462. The third-order valence-electron chi connectivity index (χ3n) is 2.98. The van der Waals surface area contributed by atoms with Gasteiger partial charge in [0.1, 0.15) is 0 Å². The zero-order chi connectivity index (χ0) is 12.1. The Morgan fingerprint density at radius 1 is 1.47 bits per heavy atom. The Hall–Kier alpha value is -1.39. The first-order chi connectivity index (χ1) is 8.31. The number of nitrogens with one attached hydrogen (secondary N) is 2. The second kappa shape index (κ2) is 5.80. The minimum atomic E-state index is -0.517. The molecule has 4 heteroatoms. The summed E-state index contributed by atoms with van der Waals surface area (Å²) in [6.45, 7) is 1.81. The van der Waals surface area contributed by atoms with Gasteiger partial charge in [-0.05, 0) is 18.5 Å². The average molecular weight is 234 g/mol. The van der Waals surface area contributed by atoms with Crippen LogP contribution in [0, 0.1) is 0 Å². The van der Waals surface area contributed by atoms with Crippen molar-refractivity contribution in [2.75, 3.05) is 20.2 Å². The van der Waals surface area contributed by atoms with E-state index in [1.54, 1.807) is 7.11 Å².